The van der Waals surface area contributed by atoms with Gasteiger partial charge in [0.25, 0.3) is 5.91 Å². The summed E-state index contributed by atoms with van der Waals surface area (Å²) in [5, 5.41) is 16.3. The molecule has 26 heavy (non-hydrogen) atoms. The van der Waals surface area contributed by atoms with Crippen molar-refractivity contribution in [2.75, 3.05) is 12.4 Å². The maximum Gasteiger partial charge on any atom is 0.271 e. The average Bonchev–Trinajstić information content (AvgIpc) is 2.64. The van der Waals surface area contributed by atoms with Gasteiger partial charge in [-0.2, -0.15) is 5.10 Å². The molecule has 0 fully saturated rings. The summed E-state index contributed by atoms with van der Waals surface area (Å²) in [6, 6.07) is 11.2. The van der Waals surface area contributed by atoms with Crippen LogP contribution in [-0.2, 0) is 4.79 Å². The molecular weight excluding hydrogens is 334 g/mol. The largest absolute Gasteiger partial charge is 0.507 e. The molecule has 2 rings (SSSR count). The van der Waals surface area contributed by atoms with Crippen molar-refractivity contribution in [2.24, 2.45) is 5.10 Å². The molecule has 7 heteroatoms. The summed E-state index contributed by atoms with van der Waals surface area (Å²) in [7, 11) is 1.52. The van der Waals surface area contributed by atoms with E-state index >= 15 is 0 Å². The molecule has 2 aromatic rings. The number of hydrazone groups is 1. The van der Waals surface area contributed by atoms with E-state index in [0.29, 0.717) is 29.0 Å². The van der Waals surface area contributed by atoms with E-state index in [4.69, 9.17) is 4.74 Å². The highest BCUT2D eigenvalue weighted by atomic mass is 16.5. The van der Waals surface area contributed by atoms with Crippen molar-refractivity contribution in [2.45, 2.75) is 19.8 Å². The molecule has 2 aromatic carbocycles. The van der Waals surface area contributed by atoms with Crippen molar-refractivity contribution in [1.29, 1.82) is 0 Å². The first-order valence-electron chi connectivity index (χ1n) is 8.13. The van der Waals surface area contributed by atoms with E-state index in [1.165, 1.54) is 19.4 Å². The van der Waals surface area contributed by atoms with E-state index in [0.717, 1.165) is 6.42 Å². The number of benzene rings is 2. The lowest BCUT2D eigenvalue weighted by Gasteiger charge is -2.05. The van der Waals surface area contributed by atoms with Crippen molar-refractivity contribution in [3.63, 3.8) is 0 Å². The van der Waals surface area contributed by atoms with Crippen molar-refractivity contribution in [3.05, 3.63) is 53.6 Å². The molecular formula is C19H21N3O4. The van der Waals surface area contributed by atoms with Gasteiger partial charge in [-0.1, -0.05) is 6.92 Å². The summed E-state index contributed by atoms with van der Waals surface area (Å²) in [4.78, 5) is 23.6. The molecule has 0 saturated heterocycles. The number of carbonyl (C=O) groups excluding carboxylic acids is 2. The first kappa shape index (κ1) is 19.0. The summed E-state index contributed by atoms with van der Waals surface area (Å²) in [5.41, 5.74) is 3.82. The number of hydrogen-bond acceptors (Lipinski definition) is 5. The minimum atomic E-state index is -0.407. The topological polar surface area (TPSA) is 100 Å². The molecule has 0 atom stereocenters. The zero-order chi connectivity index (χ0) is 18.9. The van der Waals surface area contributed by atoms with Crippen LogP contribution in [0.2, 0.25) is 0 Å². The van der Waals surface area contributed by atoms with Crippen molar-refractivity contribution < 1.29 is 19.4 Å². The maximum atomic E-state index is 12.1. The van der Waals surface area contributed by atoms with Gasteiger partial charge in [-0.15, -0.1) is 0 Å². The highest BCUT2D eigenvalue weighted by Gasteiger charge is 2.06. The molecule has 0 radical (unpaired) electrons. The smallest absolute Gasteiger partial charge is 0.271 e. The summed E-state index contributed by atoms with van der Waals surface area (Å²) >= 11 is 0. The van der Waals surface area contributed by atoms with E-state index in [-0.39, 0.29) is 11.7 Å². The molecule has 7 nitrogen and oxygen atoms in total. The van der Waals surface area contributed by atoms with E-state index in [1.54, 1.807) is 36.4 Å². The average molecular weight is 355 g/mol. The van der Waals surface area contributed by atoms with Gasteiger partial charge in [0, 0.05) is 23.2 Å². The van der Waals surface area contributed by atoms with Crippen molar-refractivity contribution in [1.82, 2.24) is 5.43 Å². The molecule has 136 valence electrons. The zero-order valence-corrected chi connectivity index (χ0v) is 14.7. The second-order valence-corrected chi connectivity index (χ2v) is 5.50. The fourth-order valence-electron chi connectivity index (χ4n) is 2.14. The first-order chi connectivity index (χ1) is 12.5. The molecule has 0 aliphatic carbocycles. The SMILES string of the molecule is CCCC(=O)Nc1ccc(C(=O)N/N=C\c2cc(OC)ccc2O)cc1. The van der Waals surface area contributed by atoms with Gasteiger partial charge >= 0.3 is 0 Å². The predicted octanol–water partition coefficient (Wildman–Crippen LogP) is 2.90. The molecule has 0 saturated carbocycles. The molecule has 0 bridgehead atoms. The lowest BCUT2D eigenvalue weighted by molar-refractivity contribution is -0.116. The normalized spacial score (nSPS) is 10.5. The Morgan fingerprint density at radius 3 is 2.58 bits per heavy atom. The number of methoxy groups -OCH3 is 1. The Kier molecular flexibility index (Phi) is 6.73. The lowest BCUT2D eigenvalue weighted by Crippen LogP contribution is -2.17. The van der Waals surface area contributed by atoms with Crippen LogP contribution >= 0.6 is 0 Å². The number of aromatic hydroxyl groups is 1. The molecule has 0 heterocycles. The number of nitrogens with one attached hydrogen (secondary N) is 2. The van der Waals surface area contributed by atoms with Crippen LogP contribution in [0.15, 0.2) is 47.6 Å². The third-order valence-corrected chi connectivity index (χ3v) is 3.51. The quantitative estimate of drug-likeness (QED) is 0.525. The molecule has 2 amide bonds. The highest BCUT2D eigenvalue weighted by Crippen LogP contribution is 2.21. The Bertz CT molecular complexity index is 801. The first-order valence-corrected chi connectivity index (χ1v) is 8.13. The molecule has 0 aliphatic rings. The standard InChI is InChI=1S/C19H21N3O4/c1-3-4-18(24)21-15-7-5-13(6-8-15)19(25)22-20-12-14-11-16(26-2)9-10-17(14)23/h5-12,23H,3-4H2,1-2H3,(H,21,24)(H,22,25)/b20-12-. The van der Waals surface area contributed by atoms with Crippen LogP contribution in [0.25, 0.3) is 0 Å². The van der Waals surface area contributed by atoms with Gasteiger partial charge in [-0.25, -0.2) is 5.43 Å². The van der Waals surface area contributed by atoms with Crippen LogP contribution in [0.3, 0.4) is 0 Å². The summed E-state index contributed by atoms with van der Waals surface area (Å²) in [6.45, 7) is 1.93. The third-order valence-electron chi connectivity index (χ3n) is 3.51. The van der Waals surface area contributed by atoms with E-state index in [2.05, 4.69) is 15.8 Å². The van der Waals surface area contributed by atoms with Crippen LogP contribution < -0.4 is 15.5 Å². The predicted molar refractivity (Wildman–Crippen MR) is 99.7 cm³/mol. The Morgan fingerprint density at radius 1 is 1.19 bits per heavy atom. The molecule has 3 N–H and O–H groups in total. The van der Waals surface area contributed by atoms with Gasteiger partial charge in [0.2, 0.25) is 5.91 Å². The van der Waals surface area contributed by atoms with Gasteiger partial charge in [0.1, 0.15) is 11.5 Å². The second kappa shape index (κ2) is 9.22. The van der Waals surface area contributed by atoms with Crippen molar-refractivity contribution in [3.8, 4) is 11.5 Å². The van der Waals surface area contributed by atoms with Crippen LogP contribution in [0, 0.1) is 0 Å². The Morgan fingerprint density at radius 2 is 1.92 bits per heavy atom. The van der Waals surface area contributed by atoms with Gasteiger partial charge < -0.3 is 15.2 Å². The monoisotopic (exact) mass is 355 g/mol. The van der Waals surface area contributed by atoms with Gasteiger partial charge in [0.15, 0.2) is 0 Å². The maximum absolute atomic E-state index is 12.1. The molecule has 0 unspecified atom stereocenters. The minimum Gasteiger partial charge on any atom is -0.507 e. The molecule has 0 aliphatic heterocycles. The number of carbonyl (C=O) groups is 2. The van der Waals surface area contributed by atoms with Crippen LogP contribution in [-0.4, -0.2) is 30.2 Å². The van der Waals surface area contributed by atoms with Gasteiger partial charge in [-0.05, 0) is 48.9 Å². The Hall–Kier alpha value is -3.35. The van der Waals surface area contributed by atoms with Gasteiger partial charge in [0.05, 0.1) is 13.3 Å². The molecule has 0 spiro atoms. The second-order valence-electron chi connectivity index (χ2n) is 5.50. The fourth-order valence-corrected chi connectivity index (χ4v) is 2.14. The van der Waals surface area contributed by atoms with E-state index in [9.17, 15) is 14.7 Å². The number of phenols is 1. The van der Waals surface area contributed by atoms with Crippen LogP contribution in [0.1, 0.15) is 35.7 Å². The lowest BCUT2D eigenvalue weighted by atomic mass is 10.2. The van der Waals surface area contributed by atoms with Crippen molar-refractivity contribution >= 4 is 23.7 Å². The number of phenolic OH excluding ortho intramolecular Hbond substituents is 1. The minimum absolute atomic E-state index is 0.0240. The fraction of sp³-hybridized carbons (Fsp3) is 0.211. The van der Waals surface area contributed by atoms with E-state index < -0.39 is 5.91 Å². The number of anilines is 1. The van der Waals surface area contributed by atoms with Gasteiger partial charge in [-0.3, -0.25) is 9.59 Å². The number of rotatable bonds is 7. The number of amides is 2. The summed E-state index contributed by atoms with van der Waals surface area (Å²) in [6.07, 6.45) is 2.55. The van der Waals surface area contributed by atoms with E-state index in [1.807, 2.05) is 6.92 Å². The summed E-state index contributed by atoms with van der Waals surface area (Å²) < 4.78 is 5.07. The highest BCUT2D eigenvalue weighted by molar-refractivity contribution is 5.96. The Balaban J connectivity index is 1.96. The zero-order valence-electron chi connectivity index (χ0n) is 14.7. The number of hydrogen-bond donors (Lipinski definition) is 3. The third kappa shape index (κ3) is 5.34. The Labute approximate surface area is 151 Å². The molecule has 0 aromatic heterocycles. The summed E-state index contributed by atoms with van der Waals surface area (Å²) in [5.74, 6) is 0.120. The van der Waals surface area contributed by atoms with Crippen LogP contribution in [0.4, 0.5) is 5.69 Å². The number of nitrogens with zero attached hydrogens (tertiary/aromatic N) is 1. The number of ether oxygens (including phenoxy) is 1. The van der Waals surface area contributed by atoms with Crippen LogP contribution in [0.5, 0.6) is 11.5 Å².